The van der Waals surface area contributed by atoms with E-state index in [2.05, 4.69) is 9.97 Å². The fraction of sp³-hybridized carbons (Fsp3) is 0.0667. The molecule has 0 aliphatic rings. The molecule has 4 nitrogen and oxygen atoms in total. The topological polar surface area (TPSA) is 66.0 Å². The van der Waals surface area contributed by atoms with Crippen LogP contribution in [0.15, 0.2) is 52.5 Å². The standard InChI is InChI=1S/C15H12N2O2S/c1-9-8-10(6-7-11(9)14(18)19)20-15-16-12-4-2-3-5-13(12)17-15/h2-8H,1H3,(H,16,17)(H,18,19). The summed E-state index contributed by atoms with van der Waals surface area (Å²) in [6.07, 6.45) is 0. The van der Waals surface area contributed by atoms with Crippen molar-refractivity contribution in [2.45, 2.75) is 17.0 Å². The van der Waals surface area contributed by atoms with Crippen LogP contribution in [0.25, 0.3) is 11.0 Å². The van der Waals surface area contributed by atoms with Crippen LogP contribution >= 0.6 is 11.8 Å². The number of hydrogen-bond acceptors (Lipinski definition) is 3. The summed E-state index contributed by atoms with van der Waals surface area (Å²) in [5.41, 5.74) is 3.00. The number of carboxylic acids is 1. The van der Waals surface area contributed by atoms with Gasteiger partial charge in [0, 0.05) is 4.90 Å². The lowest BCUT2D eigenvalue weighted by molar-refractivity contribution is 0.0696. The number of rotatable bonds is 3. The number of para-hydroxylation sites is 2. The van der Waals surface area contributed by atoms with Crippen LogP contribution in [0.3, 0.4) is 0 Å². The predicted molar refractivity (Wildman–Crippen MR) is 78.4 cm³/mol. The number of aryl methyl sites for hydroxylation is 1. The molecule has 1 aromatic heterocycles. The average Bonchev–Trinajstić information content (AvgIpc) is 2.80. The molecule has 0 saturated heterocycles. The van der Waals surface area contributed by atoms with E-state index in [1.54, 1.807) is 19.1 Å². The number of carbonyl (C=O) groups is 1. The van der Waals surface area contributed by atoms with Crippen molar-refractivity contribution in [3.8, 4) is 0 Å². The zero-order valence-electron chi connectivity index (χ0n) is 10.8. The number of fused-ring (bicyclic) bond motifs is 1. The molecule has 0 aliphatic heterocycles. The van der Waals surface area contributed by atoms with Crippen molar-refractivity contribution in [2.24, 2.45) is 0 Å². The molecule has 3 aromatic rings. The van der Waals surface area contributed by atoms with Gasteiger partial charge in [0.1, 0.15) is 0 Å². The second-order valence-electron chi connectivity index (χ2n) is 4.44. The van der Waals surface area contributed by atoms with Gasteiger partial charge in [-0.25, -0.2) is 9.78 Å². The molecule has 0 aliphatic carbocycles. The van der Waals surface area contributed by atoms with Crippen molar-refractivity contribution in [3.05, 3.63) is 53.6 Å². The van der Waals surface area contributed by atoms with Crippen molar-refractivity contribution in [3.63, 3.8) is 0 Å². The number of benzene rings is 2. The number of hydrogen-bond donors (Lipinski definition) is 2. The predicted octanol–water partition coefficient (Wildman–Crippen LogP) is 3.72. The number of H-pyrrole nitrogens is 1. The van der Waals surface area contributed by atoms with Gasteiger partial charge in [0.2, 0.25) is 0 Å². The van der Waals surface area contributed by atoms with Crippen LogP contribution in [-0.2, 0) is 0 Å². The smallest absolute Gasteiger partial charge is 0.335 e. The monoisotopic (exact) mass is 284 g/mol. The highest BCUT2D eigenvalue weighted by Gasteiger charge is 2.09. The molecule has 5 heteroatoms. The lowest BCUT2D eigenvalue weighted by atomic mass is 10.1. The lowest BCUT2D eigenvalue weighted by Gasteiger charge is -2.03. The maximum atomic E-state index is 11.0. The summed E-state index contributed by atoms with van der Waals surface area (Å²) in [7, 11) is 0. The van der Waals surface area contributed by atoms with Gasteiger partial charge in [-0.3, -0.25) is 0 Å². The molecule has 2 N–H and O–H groups in total. The molecule has 3 rings (SSSR count). The van der Waals surface area contributed by atoms with Crippen LogP contribution in [0.5, 0.6) is 0 Å². The van der Waals surface area contributed by atoms with Crippen molar-refractivity contribution >= 4 is 28.8 Å². The zero-order chi connectivity index (χ0) is 14.1. The zero-order valence-corrected chi connectivity index (χ0v) is 11.6. The third-order valence-corrected chi connectivity index (χ3v) is 3.89. The molecule has 0 spiro atoms. The van der Waals surface area contributed by atoms with E-state index >= 15 is 0 Å². The Morgan fingerprint density at radius 3 is 2.75 bits per heavy atom. The van der Waals surface area contributed by atoms with Crippen molar-refractivity contribution in [1.82, 2.24) is 9.97 Å². The van der Waals surface area contributed by atoms with Crippen LogP contribution in [0, 0.1) is 6.92 Å². The van der Waals surface area contributed by atoms with E-state index < -0.39 is 5.97 Å². The SMILES string of the molecule is Cc1cc(Sc2nc3ccccc3[nH]2)ccc1C(=O)O. The second-order valence-corrected chi connectivity index (χ2v) is 5.51. The van der Waals surface area contributed by atoms with Crippen LogP contribution in [0.1, 0.15) is 15.9 Å². The molecule has 1 heterocycles. The number of carboxylic acid groups (broad SMARTS) is 1. The van der Waals surface area contributed by atoms with Crippen molar-refractivity contribution < 1.29 is 9.90 Å². The molecule has 100 valence electrons. The number of nitrogens with one attached hydrogen (secondary N) is 1. The summed E-state index contributed by atoms with van der Waals surface area (Å²) in [5.74, 6) is -0.900. The molecule has 0 bridgehead atoms. The first-order chi connectivity index (χ1) is 9.63. The maximum absolute atomic E-state index is 11.0. The van der Waals surface area contributed by atoms with Crippen LogP contribution in [-0.4, -0.2) is 21.0 Å². The Bertz CT molecular complexity index is 762. The van der Waals surface area contributed by atoms with Gasteiger partial charge in [0.05, 0.1) is 16.6 Å². The van der Waals surface area contributed by atoms with Crippen molar-refractivity contribution in [2.75, 3.05) is 0 Å². The van der Waals surface area contributed by atoms with E-state index in [0.29, 0.717) is 5.56 Å². The Hall–Kier alpha value is -2.27. The van der Waals surface area contributed by atoms with Crippen molar-refractivity contribution in [1.29, 1.82) is 0 Å². The van der Waals surface area contributed by atoms with E-state index in [4.69, 9.17) is 5.11 Å². The van der Waals surface area contributed by atoms with Gasteiger partial charge in [0.25, 0.3) is 0 Å². The molecule has 0 fully saturated rings. The summed E-state index contributed by atoms with van der Waals surface area (Å²) in [4.78, 5) is 19.7. The average molecular weight is 284 g/mol. The van der Waals surface area contributed by atoms with E-state index in [0.717, 1.165) is 26.6 Å². The lowest BCUT2D eigenvalue weighted by Crippen LogP contribution is -1.99. The van der Waals surface area contributed by atoms with Gasteiger partial charge in [0.15, 0.2) is 5.16 Å². The minimum Gasteiger partial charge on any atom is -0.478 e. The first-order valence-corrected chi connectivity index (χ1v) is 6.92. The van der Waals surface area contributed by atoms with Crippen LogP contribution < -0.4 is 0 Å². The number of aromatic nitrogens is 2. The highest BCUT2D eigenvalue weighted by Crippen LogP contribution is 2.28. The van der Waals surface area contributed by atoms with E-state index in [1.165, 1.54) is 11.8 Å². The third-order valence-electron chi connectivity index (χ3n) is 3.01. The molecule has 0 amide bonds. The van der Waals surface area contributed by atoms with Gasteiger partial charge < -0.3 is 10.1 Å². The summed E-state index contributed by atoms with van der Waals surface area (Å²) < 4.78 is 0. The number of aromatic amines is 1. The maximum Gasteiger partial charge on any atom is 0.335 e. The Kier molecular flexibility index (Phi) is 3.20. The minimum atomic E-state index is -0.900. The first-order valence-electron chi connectivity index (χ1n) is 6.10. The van der Waals surface area contributed by atoms with E-state index in [-0.39, 0.29) is 0 Å². The quantitative estimate of drug-likeness (QED) is 0.769. The molecular weight excluding hydrogens is 272 g/mol. The van der Waals surface area contributed by atoms with Crippen LogP contribution in [0.2, 0.25) is 0 Å². The van der Waals surface area contributed by atoms with Crippen LogP contribution in [0.4, 0.5) is 0 Å². The molecule has 0 unspecified atom stereocenters. The molecular formula is C15H12N2O2S. The van der Waals surface area contributed by atoms with Gasteiger partial charge in [-0.1, -0.05) is 23.9 Å². The highest BCUT2D eigenvalue weighted by molar-refractivity contribution is 7.99. The third kappa shape index (κ3) is 2.40. The largest absolute Gasteiger partial charge is 0.478 e. The van der Waals surface area contributed by atoms with E-state index in [9.17, 15) is 4.79 Å². The second kappa shape index (κ2) is 5.02. The summed E-state index contributed by atoms with van der Waals surface area (Å²) in [6.45, 7) is 1.80. The molecule has 2 aromatic carbocycles. The van der Waals surface area contributed by atoms with Gasteiger partial charge in [-0.2, -0.15) is 0 Å². The summed E-state index contributed by atoms with van der Waals surface area (Å²) in [5, 5.41) is 9.82. The summed E-state index contributed by atoms with van der Waals surface area (Å²) in [6, 6.07) is 13.1. The Morgan fingerprint density at radius 2 is 2.05 bits per heavy atom. The van der Waals surface area contributed by atoms with Gasteiger partial charge >= 0.3 is 5.97 Å². The number of aromatic carboxylic acids is 1. The molecule has 0 radical (unpaired) electrons. The minimum absolute atomic E-state index is 0.332. The normalized spacial score (nSPS) is 10.8. The highest BCUT2D eigenvalue weighted by atomic mass is 32.2. The molecule has 0 saturated carbocycles. The van der Waals surface area contributed by atoms with Gasteiger partial charge in [-0.15, -0.1) is 0 Å². The van der Waals surface area contributed by atoms with Gasteiger partial charge in [-0.05, 0) is 42.8 Å². The number of imidazole rings is 1. The summed E-state index contributed by atoms with van der Waals surface area (Å²) >= 11 is 1.49. The Labute approximate surface area is 119 Å². The van der Waals surface area contributed by atoms with E-state index in [1.807, 2.05) is 30.3 Å². The fourth-order valence-corrected chi connectivity index (χ4v) is 2.93. The molecule has 20 heavy (non-hydrogen) atoms. The fourth-order valence-electron chi connectivity index (χ4n) is 2.03. The molecule has 0 atom stereocenters. The Morgan fingerprint density at radius 1 is 1.25 bits per heavy atom. The Balaban J connectivity index is 1.90. The number of nitrogens with zero attached hydrogens (tertiary/aromatic N) is 1. The first kappa shape index (κ1) is 12.7.